The molecule has 0 aromatic heterocycles. The molecule has 0 heterocycles. The molecule has 0 aliphatic heterocycles. The van der Waals surface area contributed by atoms with Gasteiger partial charge < -0.3 is 10.0 Å². The van der Waals surface area contributed by atoms with Gasteiger partial charge in [-0.25, -0.2) is 8.42 Å². The average Bonchev–Trinajstić information content (AvgIpc) is 2.38. The zero-order valence-corrected chi connectivity index (χ0v) is 12.8. The van der Waals surface area contributed by atoms with E-state index in [-0.39, 0.29) is 24.3 Å². The molecule has 0 bridgehead atoms. The van der Waals surface area contributed by atoms with Gasteiger partial charge >= 0.3 is 0 Å². The highest BCUT2D eigenvalue weighted by Crippen LogP contribution is 2.28. The molecule has 1 aromatic carbocycles. The Labute approximate surface area is 116 Å². The van der Waals surface area contributed by atoms with Gasteiger partial charge in [0, 0.05) is 12.6 Å². The summed E-state index contributed by atoms with van der Waals surface area (Å²) in [5.41, 5.74) is 0.918. The van der Waals surface area contributed by atoms with Crippen molar-refractivity contribution in [3.8, 4) is 0 Å². The van der Waals surface area contributed by atoms with E-state index < -0.39 is 9.84 Å². The zero-order valence-electron chi connectivity index (χ0n) is 12.0. The van der Waals surface area contributed by atoms with Crippen molar-refractivity contribution in [2.45, 2.75) is 24.8 Å². The van der Waals surface area contributed by atoms with E-state index in [0.29, 0.717) is 4.90 Å². The van der Waals surface area contributed by atoms with Crippen LogP contribution in [0.5, 0.6) is 0 Å². The van der Waals surface area contributed by atoms with Crippen LogP contribution in [0.2, 0.25) is 0 Å². The second kappa shape index (κ2) is 6.50. The second-order valence-corrected chi connectivity index (χ2v) is 7.32. The smallest absolute Gasteiger partial charge is 0.178 e. The van der Waals surface area contributed by atoms with Gasteiger partial charge in [-0.3, -0.25) is 0 Å². The Morgan fingerprint density at radius 3 is 2.42 bits per heavy atom. The third-order valence-corrected chi connectivity index (χ3v) is 5.05. The summed E-state index contributed by atoms with van der Waals surface area (Å²) < 4.78 is 23.8. The topological polar surface area (TPSA) is 57.6 Å². The van der Waals surface area contributed by atoms with Crippen LogP contribution < -0.4 is 0 Å². The van der Waals surface area contributed by atoms with Crippen molar-refractivity contribution < 1.29 is 13.5 Å². The summed E-state index contributed by atoms with van der Waals surface area (Å²) in [5.74, 6) is 0.133. The van der Waals surface area contributed by atoms with Crippen LogP contribution in [-0.2, 0) is 9.84 Å². The second-order valence-electron chi connectivity index (χ2n) is 5.04. The standard InChI is InChI=1S/C14H23NO3S/c1-5-19(17,18)13-8-6-7-12(9-13)14(15(3)4)11(2)10-16/h6-9,11,14,16H,5,10H2,1-4H3. The number of aliphatic hydroxyl groups excluding tert-OH is 1. The number of rotatable bonds is 6. The van der Waals surface area contributed by atoms with E-state index in [1.54, 1.807) is 25.1 Å². The molecule has 0 aliphatic rings. The third-order valence-electron chi connectivity index (χ3n) is 3.32. The van der Waals surface area contributed by atoms with Crippen LogP contribution in [0.25, 0.3) is 0 Å². The molecule has 0 amide bonds. The van der Waals surface area contributed by atoms with Crippen molar-refractivity contribution in [1.29, 1.82) is 0 Å². The maximum Gasteiger partial charge on any atom is 0.178 e. The fraction of sp³-hybridized carbons (Fsp3) is 0.571. The van der Waals surface area contributed by atoms with E-state index in [4.69, 9.17) is 0 Å². The predicted molar refractivity (Wildman–Crippen MR) is 76.8 cm³/mol. The molecule has 0 radical (unpaired) electrons. The molecule has 1 rings (SSSR count). The largest absolute Gasteiger partial charge is 0.396 e. The molecule has 108 valence electrons. The molecule has 0 spiro atoms. The summed E-state index contributed by atoms with van der Waals surface area (Å²) in [4.78, 5) is 2.35. The number of aliphatic hydroxyl groups is 1. The Kier molecular flexibility index (Phi) is 5.52. The normalized spacial score (nSPS) is 15.5. The van der Waals surface area contributed by atoms with Gasteiger partial charge in [-0.05, 0) is 37.7 Å². The average molecular weight is 285 g/mol. The monoisotopic (exact) mass is 285 g/mol. The lowest BCUT2D eigenvalue weighted by Gasteiger charge is -2.29. The molecule has 0 saturated heterocycles. The number of hydrogen-bond donors (Lipinski definition) is 1. The van der Waals surface area contributed by atoms with E-state index >= 15 is 0 Å². The van der Waals surface area contributed by atoms with Crippen LogP contribution in [0.3, 0.4) is 0 Å². The van der Waals surface area contributed by atoms with Crippen molar-refractivity contribution >= 4 is 9.84 Å². The molecular weight excluding hydrogens is 262 g/mol. The quantitative estimate of drug-likeness (QED) is 0.864. The van der Waals surface area contributed by atoms with Crippen LogP contribution >= 0.6 is 0 Å². The first kappa shape index (κ1) is 16.1. The summed E-state index contributed by atoms with van der Waals surface area (Å²) in [7, 11) is 0.663. The Hall–Kier alpha value is -0.910. The minimum Gasteiger partial charge on any atom is -0.396 e. The van der Waals surface area contributed by atoms with Crippen LogP contribution in [0.1, 0.15) is 25.5 Å². The van der Waals surface area contributed by atoms with E-state index in [9.17, 15) is 13.5 Å². The first-order chi connectivity index (χ1) is 8.83. The minimum atomic E-state index is -3.19. The molecule has 2 atom stereocenters. The van der Waals surface area contributed by atoms with Crippen molar-refractivity contribution in [3.05, 3.63) is 29.8 Å². The molecule has 0 fully saturated rings. The molecule has 1 N–H and O–H groups in total. The Morgan fingerprint density at radius 2 is 1.95 bits per heavy atom. The van der Waals surface area contributed by atoms with E-state index in [0.717, 1.165) is 5.56 Å². The fourth-order valence-corrected chi connectivity index (χ4v) is 3.23. The van der Waals surface area contributed by atoms with Gasteiger partial charge in [-0.1, -0.05) is 26.0 Å². The maximum atomic E-state index is 11.9. The van der Waals surface area contributed by atoms with Crippen LogP contribution in [0, 0.1) is 5.92 Å². The number of hydrogen-bond acceptors (Lipinski definition) is 4. The van der Waals surface area contributed by atoms with Crippen molar-refractivity contribution in [3.63, 3.8) is 0 Å². The molecule has 4 nitrogen and oxygen atoms in total. The number of nitrogens with zero attached hydrogens (tertiary/aromatic N) is 1. The highest BCUT2D eigenvalue weighted by molar-refractivity contribution is 7.91. The Morgan fingerprint density at radius 1 is 1.32 bits per heavy atom. The third kappa shape index (κ3) is 3.78. The van der Waals surface area contributed by atoms with Crippen LogP contribution in [0.4, 0.5) is 0 Å². The van der Waals surface area contributed by atoms with Gasteiger partial charge in [0.05, 0.1) is 10.6 Å². The molecule has 2 unspecified atom stereocenters. The SMILES string of the molecule is CCS(=O)(=O)c1cccc(C(C(C)CO)N(C)C)c1. The van der Waals surface area contributed by atoms with Crippen molar-refractivity contribution in [2.75, 3.05) is 26.5 Å². The lowest BCUT2D eigenvalue weighted by atomic mass is 9.94. The molecule has 19 heavy (non-hydrogen) atoms. The van der Waals surface area contributed by atoms with Crippen molar-refractivity contribution in [2.24, 2.45) is 5.92 Å². The van der Waals surface area contributed by atoms with Gasteiger partial charge in [-0.15, -0.1) is 0 Å². The van der Waals surface area contributed by atoms with Gasteiger partial charge in [0.25, 0.3) is 0 Å². The predicted octanol–water partition coefficient (Wildman–Crippen LogP) is 1.71. The van der Waals surface area contributed by atoms with E-state index in [2.05, 4.69) is 0 Å². The lowest BCUT2D eigenvalue weighted by Crippen LogP contribution is -2.28. The zero-order chi connectivity index (χ0) is 14.6. The summed E-state index contributed by atoms with van der Waals surface area (Å²) in [6.07, 6.45) is 0. The maximum absolute atomic E-state index is 11.9. The first-order valence-electron chi connectivity index (χ1n) is 6.43. The Balaban J connectivity index is 3.23. The van der Waals surface area contributed by atoms with Gasteiger partial charge in [0.15, 0.2) is 9.84 Å². The number of sulfone groups is 1. The van der Waals surface area contributed by atoms with Crippen LogP contribution in [0.15, 0.2) is 29.2 Å². The van der Waals surface area contributed by atoms with Gasteiger partial charge in [-0.2, -0.15) is 0 Å². The van der Waals surface area contributed by atoms with Gasteiger partial charge in [0.2, 0.25) is 0 Å². The summed E-state index contributed by atoms with van der Waals surface area (Å²) in [6, 6.07) is 7.01. The first-order valence-corrected chi connectivity index (χ1v) is 8.08. The van der Waals surface area contributed by atoms with Crippen molar-refractivity contribution in [1.82, 2.24) is 4.90 Å². The minimum absolute atomic E-state index is 0.00277. The van der Waals surface area contributed by atoms with E-state index in [1.165, 1.54) is 0 Å². The highest BCUT2D eigenvalue weighted by atomic mass is 32.2. The van der Waals surface area contributed by atoms with Gasteiger partial charge in [0.1, 0.15) is 0 Å². The lowest BCUT2D eigenvalue weighted by molar-refractivity contribution is 0.145. The fourth-order valence-electron chi connectivity index (χ4n) is 2.29. The summed E-state index contributed by atoms with van der Waals surface area (Å²) >= 11 is 0. The Bertz CT molecular complexity index is 511. The molecule has 0 aliphatic carbocycles. The molecule has 5 heteroatoms. The highest BCUT2D eigenvalue weighted by Gasteiger charge is 2.22. The molecular formula is C14H23NO3S. The van der Waals surface area contributed by atoms with E-state index in [1.807, 2.05) is 32.0 Å². The number of benzene rings is 1. The summed E-state index contributed by atoms with van der Waals surface area (Å²) in [5, 5.41) is 9.35. The summed E-state index contributed by atoms with van der Waals surface area (Å²) in [6.45, 7) is 3.65. The molecule has 1 aromatic rings. The molecule has 0 saturated carbocycles. The van der Waals surface area contributed by atoms with Crippen LogP contribution in [-0.4, -0.2) is 44.9 Å².